The summed E-state index contributed by atoms with van der Waals surface area (Å²) in [5.74, 6) is 1.17. The molecule has 3 heteroatoms. The molecule has 78 valence electrons. The zero-order valence-electron chi connectivity index (χ0n) is 8.58. The first-order valence-electron chi connectivity index (χ1n) is 5.10. The Kier molecular flexibility index (Phi) is 2.29. The minimum Gasteiger partial charge on any atom is -0.492 e. The number of thiophene rings is 2. The molecular weight excluding hydrogens is 224 g/mol. The quantitative estimate of drug-likeness (QED) is 0.773. The molecule has 15 heavy (non-hydrogen) atoms. The van der Waals surface area contributed by atoms with Crippen LogP contribution in [0.25, 0.3) is 0 Å². The predicted octanol–water partition coefficient (Wildman–Crippen LogP) is 3.64. The highest BCUT2D eigenvalue weighted by Crippen LogP contribution is 2.37. The van der Waals surface area contributed by atoms with Gasteiger partial charge in [-0.2, -0.15) is 0 Å². The molecule has 0 bridgehead atoms. The highest BCUT2D eigenvalue weighted by Gasteiger charge is 2.18. The zero-order chi connectivity index (χ0) is 10.3. The lowest BCUT2D eigenvalue weighted by Gasteiger charge is -1.99. The number of ether oxygens (including phenoxy) is 1. The Morgan fingerprint density at radius 3 is 3.13 bits per heavy atom. The van der Waals surface area contributed by atoms with E-state index in [0.29, 0.717) is 0 Å². The van der Waals surface area contributed by atoms with Gasteiger partial charge in [-0.25, -0.2) is 0 Å². The topological polar surface area (TPSA) is 9.23 Å². The predicted molar refractivity (Wildman–Crippen MR) is 65.4 cm³/mol. The zero-order valence-corrected chi connectivity index (χ0v) is 10.2. The highest BCUT2D eigenvalue weighted by molar-refractivity contribution is 7.12. The van der Waals surface area contributed by atoms with E-state index < -0.39 is 0 Å². The van der Waals surface area contributed by atoms with Crippen molar-refractivity contribution in [3.05, 3.63) is 37.7 Å². The smallest absolute Gasteiger partial charge is 0.136 e. The van der Waals surface area contributed by atoms with Crippen molar-refractivity contribution in [1.82, 2.24) is 0 Å². The molecule has 0 fully saturated rings. The average molecular weight is 236 g/mol. The number of hydrogen-bond acceptors (Lipinski definition) is 3. The standard InChI is InChI=1S/C12H12OS2/c1-8-2-3-10(15-8)6-9-7-14-11-4-5-13-12(9)11/h2-3,7H,4-6H2,1H3. The van der Waals surface area contributed by atoms with Crippen molar-refractivity contribution in [2.24, 2.45) is 0 Å². The maximum Gasteiger partial charge on any atom is 0.136 e. The summed E-state index contributed by atoms with van der Waals surface area (Å²) in [4.78, 5) is 4.25. The largest absolute Gasteiger partial charge is 0.492 e. The molecule has 0 radical (unpaired) electrons. The van der Waals surface area contributed by atoms with Crippen LogP contribution in [0.5, 0.6) is 5.75 Å². The van der Waals surface area contributed by atoms with E-state index in [9.17, 15) is 0 Å². The van der Waals surface area contributed by atoms with Crippen LogP contribution in [0.1, 0.15) is 20.2 Å². The molecule has 0 spiro atoms. The lowest BCUT2D eigenvalue weighted by atomic mass is 10.2. The SMILES string of the molecule is Cc1ccc(Cc2csc3c2OCC3)s1. The Morgan fingerprint density at radius 2 is 2.33 bits per heavy atom. The third kappa shape index (κ3) is 1.70. The molecule has 0 atom stereocenters. The number of fused-ring (bicyclic) bond motifs is 1. The van der Waals surface area contributed by atoms with Gasteiger partial charge in [-0.15, -0.1) is 22.7 Å². The molecule has 0 aromatic carbocycles. The minimum atomic E-state index is 0.873. The molecular formula is C12H12OS2. The second-order valence-electron chi connectivity index (χ2n) is 3.80. The highest BCUT2D eigenvalue weighted by atomic mass is 32.1. The summed E-state index contributed by atoms with van der Waals surface area (Å²) in [6.07, 6.45) is 2.13. The van der Waals surface area contributed by atoms with E-state index in [1.54, 1.807) is 0 Å². The molecule has 0 aliphatic carbocycles. The van der Waals surface area contributed by atoms with Gasteiger partial charge in [-0.05, 0) is 24.4 Å². The summed E-state index contributed by atoms with van der Waals surface area (Å²) in [6.45, 7) is 3.03. The third-order valence-electron chi connectivity index (χ3n) is 2.62. The van der Waals surface area contributed by atoms with Gasteiger partial charge in [0.1, 0.15) is 5.75 Å². The van der Waals surface area contributed by atoms with Gasteiger partial charge in [-0.3, -0.25) is 0 Å². The molecule has 0 saturated heterocycles. The number of rotatable bonds is 2. The van der Waals surface area contributed by atoms with E-state index in [2.05, 4.69) is 24.4 Å². The first-order chi connectivity index (χ1) is 7.33. The van der Waals surface area contributed by atoms with Gasteiger partial charge in [0.15, 0.2) is 0 Å². The average Bonchev–Trinajstić information content (AvgIpc) is 2.85. The van der Waals surface area contributed by atoms with Gasteiger partial charge < -0.3 is 4.74 Å². The van der Waals surface area contributed by atoms with Crippen molar-refractivity contribution in [3.63, 3.8) is 0 Å². The van der Waals surface area contributed by atoms with Crippen molar-refractivity contribution in [1.29, 1.82) is 0 Å². The summed E-state index contributed by atoms with van der Waals surface area (Å²) in [5.41, 5.74) is 1.37. The van der Waals surface area contributed by atoms with Gasteiger partial charge in [-0.1, -0.05) is 0 Å². The van der Waals surface area contributed by atoms with E-state index in [-0.39, 0.29) is 0 Å². The van der Waals surface area contributed by atoms with Gasteiger partial charge in [0, 0.05) is 28.2 Å². The second kappa shape index (κ2) is 3.65. The minimum absolute atomic E-state index is 0.873. The van der Waals surface area contributed by atoms with Gasteiger partial charge in [0.2, 0.25) is 0 Å². The van der Waals surface area contributed by atoms with Crippen LogP contribution in [0.2, 0.25) is 0 Å². The molecule has 1 aliphatic rings. The molecule has 3 heterocycles. The Balaban J connectivity index is 1.88. The van der Waals surface area contributed by atoms with E-state index in [0.717, 1.165) is 19.4 Å². The molecule has 2 aromatic rings. The first kappa shape index (κ1) is 9.43. The molecule has 0 unspecified atom stereocenters. The fourth-order valence-electron chi connectivity index (χ4n) is 1.91. The van der Waals surface area contributed by atoms with Crippen LogP contribution in [0.3, 0.4) is 0 Å². The monoisotopic (exact) mass is 236 g/mol. The lowest BCUT2D eigenvalue weighted by molar-refractivity contribution is 0.354. The molecule has 1 nitrogen and oxygen atoms in total. The van der Waals surface area contributed by atoms with E-state index >= 15 is 0 Å². The van der Waals surface area contributed by atoms with Crippen molar-refractivity contribution in [2.75, 3.05) is 6.61 Å². The van der Waals surface area contributed by atoms with Crippen LogP contribution in [0.15, 0.2) is 17.5 Å². The molecule has 0 saturated carbocycles. The number of aryl methyl sites for hydroxylation is 1. The Bertz CT molecular complexity index is 482. The molecule has 3 rings (SSSR count). The molecule has 2 aromatic heterocycles. The van der Waals surface area contributed by atoms with Crippen LogP contribution in [-0.2, 0) is 12.8 Å². The molecule has 1 aliphatic heterocycles. The van der Waals surface area contributed by atoms with Crippen LogP contribution in [0.4, 0.5) is 0 Å². The number of hydrogen-bond donors (Lipinski definition) is 0. The fraction of sp³-hybridized carbons (Fsp3) is 0.333. The second-order valence-corrected chi connectivity index (χ2v) is 6.14. The van der Waals surface area contributed by atoms with Crippen LogP contribution < -0.4 is 4.74 Å². The van der Waals surface area contributed by atoms with Crippen LogP contribution >= 0.6 is 22.7 Å². The van der Waals surface area contributed by atoms with Crippen molar-refractivity contribution in [3.8, 4) is 5.75 Å². The maximum absolute atomic E-state index is 5.66. The summed E-state index contributed by atoms with van der Waals surface area (Å²) < 4.78 is 5.66. The van der Waals surface area contributed by atoms with Crippen molar-refractivity contribution in [2.45, 2.75) is 19.8 Å². The Morgan fingerprint density at radius 1 is 1.40 bits per heavy atom. The maximum atomic E-state index is 5.66. The molecule has 0 amide bonds. The van der Waals surface area contributed by atoms with Crippen LogP contribution in [-0.4, -0.2) is 6.61 Å². The first-order valence-corrected chi connectivity index (χ1v) is 6.80. The summed E-state index contributed by atoms with van der Waals surface area (Å²) >= 11 is 3.72. The summed E-state index contributed by atoms with van der Waals surface area (Å²) in [7, 11) is 0. The van der Waals surface area contributed by atoms with Gasteiger partial charge in [0.05, 0.1) is 11.5 Å². The van der Waals surface area contributed by atoms with Crippen molar-refractivity contribution < 1.29 is 4.74 Å². The van der Waals surface area contributed by atoms with Gasteiger partial charge in [0.25, 0.3) is 0 Å². The molecule has 0 N–H and O–H groups in total. The Labute approximate surface area is 97.3 Å². The summed E-state index contributed by atoms with van der Waals surface area (Å²) in [5, 5.41) is 2.25. The van der Waals surface area contributed by atoms with E-state index in [1.165, 1.54) is 25.9 Å². The Hall–Kier alpha value is -0.800. The van der Waals surface area contributed by atoms with E-state index in [4.69, 9.17) is 4.74 Å². The summed E-state index contributed by atoms with van der Waals surface area (Å²) in [6, 6.07) is 4.41. The lowest BCUT2D eigenvalue weighted by Crippen LogP contribution is -1.90. The van der Waals surface area contributed by atoms with Gasteiger partial charge >= 0.3 is 0 Å². The third-order valence-corrected chi connectivity index (χ3v) is 4.70. The van der Waals surface area contributed by atoms with Crippen LogP contribution in [0, 0.1) is 6.92 Å². The van der Waals surface area contributed by atoms with Crippen molar-refractivity contribution >= 4 is 22.7 Å². The fourth-order valence-corrected chi connectivity index (χ4v) is 3.80. The normalized spacial score (nSPS) is 13.9. The van der Waals surface area contributed by atoms with E-state index in [1.807, 2.05) is 22.7 Å².